The lowest BCUT2D eigenvalue weighted by molar-refractivity contribution is 0.199. The normalized spacial score (nSPS) is 10.9. The fourth-order valence-electron chi connectivity index (χ4n) is 2.07. The summed E-state index contributed by atoms with van der Waals surface area (Å²) in [6.45, 7) is 6.53. The Labute approximate surface area is 114 Å². The highest BCUT2D eigenvalue weighted by Gasteiger charge is 2.02. The predicted octanol–water partition coefficient (Wildman–Crippen LogP) is 2.23. The van der Waals surface area contributed by atoms with Crippen LogP contribution in [0.15, 0.2) is 30.5 Å². The molecule has 1 aromatic heterocycles. The Morgan fingerprint density at radius 3 is 2.63 bits per heavy atom. The van der Waals surface area contributed by atoms with Crippen LogP contribution in [0.3, 0.4) is 0 Å². The number of methoxy groups -OCH3 is 1. The molecule has 0 radical (unpaired) electrons. The fourth-order valence-corrected chi connectivity index (χ4v) is 2.07. The summed E-state index contributed by atoms with van der Waals surface area (Å²) < 4.78 is 6.92. The number of hydrogen-bond acceptors (Lipinski definition) is 3. The lowest BCUT2D eigenvalue weighted by Crippen LogP contribution is -2.18. The highest BCUT2D eigenvalue weighted by atomic mass is 16.5. The van der Waals surface area contributed by atoms with Gasteiger partial charge in [0.05, 0.1) is 18.0 Å². The van der Waals surface area contributed by atoms with Crippen molar-refractivity contribution in [3.8, 4) is 5.69 Å². The lowest BCUT2D eigenvalue weighted by Gasteiger charge is -2.05. The van der Waals surface area contributed by atoms with E-state index in [4.69, 9.17) is 4.74 Å². The standard InChI is InChI=1S/C15H21N3O/c1-12-8-13(2)10-15(9-12)18-6-4-14(17-18)11-16-5-7-19-3/h4,6,8-10,16H,5,7,11H2,1-3H3. The van der Waals surface area contributed by atoms with Gasteiger partial charge in [0.1, 0.15) is 0 Å². The monoisotopic (exact) mass is 259 g/mol. The highest BCUT2D eigenvalue weighted by Crippen LogP contribution is 2.13. The zero-order chi connectivity index (χ0) is 13.7. The van der Waals surface area contributed by atoms with Crippen molar-refractivity contribution < 1.29 is 4.74 Å². The SMILES string of the molecule is COCCNCc1ccn(-c2cc(C)cc(C)c2)n1. The lowest BCUT2D eigenvalue weighted by atomic mass is 10.1. The predicted molar refractivity (Wildman–Crippen MR) is 76.6 cm³/mol. The van der Waals surface area contributed by atoms with Crippen LogP contribution < -0.4 is 5.32 Å². The van der Waals surface area contributed by atoms with E-state index in [0.29, 0.717) is 0 Å². The van der Waals surface area contributed by atoms with Crippen molar-refractivity contribution in [3.63, 3.8) is 0 Å². The smallest absolute Gasteiger partial charge is 0.0766 e. The summed E-state index contributed by atoms with van der Waals surface area (Å²) in [5.74, 6) is 0. The Bertz CT molecular complexity index is 514. The van der Waals surface area contributed by atoms with Gasteiger partial charge < -0.3 is 10.1 Å². The molecule has 0 aliphatic rings. The molecule has 0 aliphatic carbocycles. The third-order valence-electron chi connectivity index (χ3n) is 2.90. The number of ether oxygens (including phenoxy) is 1. The fraction of sp³-hybridized carbons (Fsp3) is 0.400. The molecule has 2 rings (SSSR count). The number of aryl methyl sites for hydroxylation is 2. The van der Waals surface area contributed by atoms with E-state index >= 15 is 0 Å². The first-order valence-corrected chi connectivity index (χ1v) is 6.52. The molecule has 4 nitrogen and oxygen atoms in total. The average molecular weight is 259 g/mol. The first-order chi connectivity index (χ1) is 9.19. The van der Waals surface area contributed by atoms with Gasteiger partial charge in [0.2, 0.25) is 0 Å². The van der Waals surface area contributed by atoms with E-state index in [1.807, 2.05) is 16.9 Å². The topological polar surface area (TPSA) is 39.1 Å². The summed E-state index contributed by atoms with van der Waals surface area (Å²) in [7, 11) is 1.70. The maximum Gasteiger partial charge on any atom is 0.0766 e. The van der Waals surface area contributed by atoms with Gasteiger partial charge in [-0.05, 0) is 43.2 Å². The molecule has 0 spiro atoms. The van der Waals surface area contributed by atoms with E-state index in [0.717, 1.165) is 31.1 Å². The number of nitrogens with one attached hydrogen (secondary N) is 1. The molecule has 1 aromatic carbocycles. The molecule has 0 aliphatic heterocycles. The van der Waals surface area contributed by atoms with Crippen molar-refractivity contribution in [3.05, 3.63) is 47.3 Å². The van der Waals surface area contributed by atoms with Gasteiger partial charge in [-0.15, -0.1) is 0 Å². The molecule has 19 heavy (non-hydrogen) atoms. The number of rotatable bonds is 6. The average Bonchev–Trinajstić information content (AvgIpc) is 2.82. The van der Waals surface area contributed by atoms with Crippen molar-refractivity contribution in [2.75, 3.05) is 20.3 Å². The molecule has 102 valence electrons. The first-order valence-electron chi connectivity index (χ1n) is 6.52. The molecule has 0 atom stereocenters. The van der Waals surface area contributed by atoms with Gasteiger partial charge in [-0.3, -0.25) is 0 Å². The molecule has 0 saturated heterocycles. The Balaban J connectivity index is 2.03. The second-order valence-electron chi connectivity index (χ2n) is 4.77. The third kappa shape index (κ3) is 3.91. The van der Waals surface area contributed by atoms with Crippen LogP contribution in [0.1, 0.15) is 16.8 Å². The molecule has 1 heterocycles. The van der Waals surface area contributed by atoms with E-state index in [1.54, 1.807) is 7.11 Å². The summed E-state index contributed by atoms with van der Waals surface area (Å²) in [5, 5.41) is 7.86. The quantitative estimate of drug-likeness (QED) is 0.809. The van der Waals surface area contributed by atoms with Gasteiger partial charge in [0.25, 0.3) is 0 Å². The maximum atomic E-state index is 4.99. The largest absolute Gasteiger partial charge is 0.383 e. The van der Waals surface area contributed by atoms with Crippen LogP contribution in [0.5, 0.6) is 0 Å². The Hall–Kier alpha value is -1.65. The van der Waals surface area contributed by atoms with E-state index in [9.17, 15) is 0 Å². The van der Waals surface area contributed by atoms with Gasteiger partial charge in [-0.2, -0.15) is 5.10 Å². The van der Waals surface area contributed by atoms with Crippen molar-refractivity contribution in [2.24, 2.45) is 0 Å². The summed E-state index contributed by atoms with van der Waals surface area (Å²) in [4.78, 5) is 0. The molecule has 2 aromatic rings. The van der Waals surface area contributed by atoms with Crippen LogP contribution >= 0.6 is 0 Å². The van der Waals surface area contributed by atoms with Gasteiger partial charge >= 0.3 is 0 Å². The van der Waals surface area contributed by atoms with E-state index in [2.05, 4.69) is 42.5 Å². The number of nitrogens with zero attached hydrogens (tertiary/aromatic N) is 2. The molecule has 0 saturated carbocycles. The van der Waals surface area contributed by atoms with Crippen molar-refractivity contribution >= 4 is 0 Å². The molecule has 0 bridgehead atoms. The van der Waals surface area contributed by atoms with Gasteiger partial charge in [0.15, 0.2) is 0 Å². The first kappa shape index (κ1) is 13.8. The Kier molecular flexibility index (Phi) is 4.71. The molecular weight excluding hydrogens is 238 g/mol. The summed E-state index contributed by atoms with van der Waals surface area (Å²) in [6.07, 6.45) is 2.00. The number of benzene rings is 1. The van der Waals surface area contributed by atoms with E-state index < -0.39 is 0 Å². The van der Waals surface area contributed by atoms with Crippen molar-refractivity contribution in [1.82, 2.24) is 15.1 Å². The summed E-state index contributed by atoms with van der Waals surface area (Å²) in [5.41, 5.74) is 4.66. The van der Waals surface area contributed by atoms with Crippen molar-refractivity contribution in [1.29, 1.82) is 0 Å². The molecule has 0 amide bonds. The van der Waals surface area contributed by atoms with Crippen LogP contribution in [0.2, 0.25) is 0 Å². The zero-order valence-electron chi connectivity index (χ0n) is 11.8. The molecular formula is C15H21N3O. The molecule has 4 heteroatoms. The van der Waals surface area contributed by atoms with Crippen LogP contribution in [-0.2, 0) is 11.3 Å². The summed E-state index contributed by atoms with van der Waals surface area (Å²) in [6, 6.07) is 8.49. The minimum Gasteiger partial charge on any atom is -0.383 e. The number of hydrogen-bond donors (Lipinski definition) is 1. The van der Waals surface area contributed by atoms with Gasteiger partial charge in [0, 0.05) is 26.4 Å². The summed E-state index contributed by atoms with van der Waals surface area (Å²) >= 11 is 0. The molecule has 0 fully saturated rings. The van der Waals surface area contributed by atoms with Crippen LogP contribution in [0.4, 0.5) is 0 Å². The molecule has 1 N–H and O–H groups in total. The van der Waals surface area contributed by atoms with Gasteiger partial charge in [-0.25, -0.2) is 4.68 Å². The minimum atomic E-state index is 0.720. The van der Waals surface area contributed by atoms with Crippen LogP contribution in [0, 0.1) is 13.8 Å². The Morgan fingerprint density at radius 2 is 1.95 bits per heavy atom. The second kappa shape index (κ2) is 6.50. The van der Waals surface area contributed by atoms with Crippen molar-refractivity contribution in [2.45, 2.75) is 20.4 Å². The Morgan fingerprint density at radius 1 is 1.21 bits per heavy atom. The second-order valence-corrected chi connectivity index (χ2v) is 4.77. The highest BCUT2D eigenvalue weighted by molar-refractivity contribution is 5.38. The van der Waals surface area contributed by atoms with E-state index in [1.165, 1.54) is 11.1 Å². The molecule has 0 unspecified atom stereocenters. The van der Waals surface area contributed by atoms with Gasteiger partial charge in [-0.1, -0.05) is 6.07 Å². The minimum absolute atomic E-state index is 0.720. The zero-order valence-corrected chi connectivity index (χ0v) is 11.8. The third-order valence-corrected chi connectivity index (χ3v) is 2.90. The van der Waals surface area contributed by atoms with E-state index in [-0.39, 0.29) is 0 Å². The maximum absolute atomic E-state index is 4.99. The van der Waals surface area contributed by atoms with Crippen LogP contribution in [0.25, 0.3) is 5.69 Å². The van der Waals surface area contributed by atoms with Crippen LogP contribution in [-0.4, -0.2) is 30.0 Å². The number of aromatic nitrogens is 2.